The third-order valence-electron chi connectivity index (χ3n) is 3.83. The van der Waals surface area contributed by atoms with E-state index in [1.54, 1.807) is 18.2 Å². The van der Waals surface area contributed by atoms with Gasteiger partial charge in [-0.15, -0.1) is 0 Å². The molecule has 0 aliphatic carbocycles. The van der Waals surface area contributed by atoms with Crippen molar-refractivity contribution in [1.29, 1.82) is 0 Å². The van der Waals surface area contributed by atoms with Crippen LogP contribution in [0.15, 0.2) is 48.5 Å². The quantitative estimate of drug-likeness (QED) is 0.313. The number of non-ortho nitro benzene ring substituents is 1. The number of nitro benzene ring substituents is 1. The topological polar surface area (TPSA) is 117 Å². The molecule has 0 aliphatic heterocycles. The first-order valence-electron chi connectivity index (χ1n) is 8.50. The summed E-state index contributed by atoms with van der Waals surface area (Å²) in [6, 6.07) is 10.5. The fourth-order valence-corrected chi connectivity index (χ4v) is 2.32. The van der Waals surface area contributed by atoms with Crippen LogP contribution in [0.1, 0.15) is 12.5 Å². The van der Waals surface area contributed by atoms with Crippen LogP contribution in [-0.4, -0.2) is 37.1 Å². The molecular formula is C20H20N2O7. The predicted molar refractivity (Wildman–Crippen MR) is 106 cm³/mol. The molecule has 0 saturated carbocycles. The molecule has 1 amide bonds. The maximum absolute atomic E-state index is 12.2. The van der Waals surface area contributed by atoms with Gasteiger partial charge in [0, 0.05) is 35.5 Å². The van der Waals surface area contributed by atoms with Crippen LogP contribution in [0, 0.1) is 10.1 Å². The standard InChI is InChI=1S/C20H20N2O7/c1-13(20(24)21-15-5-4-6-16(11-15)22(25)26)29-19(23)10-8-14-7-9-17(27-2)12-18(14)28-3/h4-13H,1-3H3,(H,21,24)/b10-8+/t13-/m1/s1. The zero-order valence-electron chi connectivity index (χ0n) is 16.1. The van der Waals surface area contributed by atoms with Crippen LogP contribution >= 0.6 is 0 Å². The third kappa shape index (κ3) is 6.06. The average Bonchev–Trinajstić information content (AvgIpc) is 2.72. The van der Waals surface area contributed by atoms with Crippen molar-refractivity contribution in [3.05, 3.63) is 64.2 Å². The van der Waals surface area contributed by atoms with Crippen molar-refractivity contribution in [3.8, 4) is 11.5 Å². The molecule has 0 heterocycles. The second kappa shape index (κ2) is 9.88. The van der Waals surface area contributed by atoms with Gasteiger partial charge in [-0.25, -0.2) is 4.79 Å². The van der Waals surface area contributed by atoms with E-state index in [9.17, 15) is 19.7 Å². The van der Waals surface area contributed by atoms with Crippen LogP contribution in [0.2, 0.25) is 0 Å². The highest BCUT2D eigenvalue weighted by atomic mass is 16.6. The molecule has 1 atom stereocenters. The van der Waals surface area contributed by atoms with Crippen LogP contribution < -0.4 is 14.8 Å². The van der Waals surface area contributed by atoms with Gasteiger partial charge < -0.3 is 19.5 Å². The number of nitrogens with zero attached hydrogens (tertiary/aromatic N) is 1. The molecule has 0 aromatic heterocycles. The number of amides is 1. The Hall–Kier alpha value is -3.88. The lowest BCUT2D eigenvalue weighted by molar-refractivity contribution is -0.384. The number of methoxy groups -OCH3 is 2. The summed E-state index contributed by atoms with van der Waals surface area (Å²) >= 11 is 0. The predicted octanol–water partition coefficient (Wildman–Crippen LogP) is 3.20. The molecule has 0 unspecified atom stereocenters. The van der Waals surface area contributed by atoms with Crippen molar-refractivity contribution in [3.63, 3.8) is 0 Å². The van der Waals surface area contributed by atoms with Crippen molar-refractivity contribution in [2.24, 2.45) is 0 Å². The van der Waals surface area contributed by atoms with Gasteiger partial charge in [0.2, 0.25) is 0 Å². The Morgan fingerprint density at radius 2 is 1.90 bits per heavy atom. The Morgan fingerprint density at radius 3 is 2.55 bits per heavy atom. The lowest BCUT2D eigenvalue weighted by Crippen LogP contribution is -2.29. The minimum Gasteiger partial charge on any atom is -0.497 e. The molecule has 2 rings (SSSR count). The van der Waals surface area contributed by atoms with Crippen molar-refractivity contribution < 1.29 is 28.7 Å². The molecule has 152 valence electrons. The summed E-state index contributed by atoms with van der Waals surface area (Å²) < 4.78 is 15.4. The number of carbonyl (C=O) groups excluding carboxylic acids is 2. The molecule has 0 aliphatic rings. The largest absolute Gasteiger partial charge is 0.497 e. The van der Waals surface area contributed by atoms with Gasteiger partial charge in [0.25, 0.3) is 11.6 Å². The van der Waals surface area contributed by atoms with Crippen LogP contribution in [0.5, 0.6) is 11.5 Å². The number of nitrogens with one attached hydrogen (secondary N) is 1. The van der Waals surface area contributed by atoms with E-state index in [0.29, 0.717) is 17.1 Å². The first-order valence-corrected chi connectivity index (χ1v) is 8.50. The molecule has 2 aromatic carbocycles. The van der Waals surface area contributed by atoms with Gasteiger partial charge >= 0.3 is 5.97 Å². The van der Waals surface area contributed by atoms with E-state index in [0.717, 1.165) is 0 Å². The summed E-state index contributed by atoms with van der Waals surface area (Å²) in [6.45, 7) is 1.40. The van der Waals surface area contributed by atoms with E-state index in [1.165, 1.54) is 57.6 Å². The number of esters is 1. The molecule has 2 aromatic rings. The van der Waals surface area contributed by atoms with Gasteiger partial charge in [0.15, 0.2) is 6.10 Å². The van der Waals surface area contributed by atoms with Gasteiger partial charge in [-0.05, 0) is 31.2 Å². The zero-order valence-corrected chi connectivity index (χ0v) is 16.1. The van der Waals surface area contributed by atoms with Crippen molar-refractivity contribution in [2.45, 2.75) is 13.0 Å². The highest BCUT2D eigenvalue weighted by Crippen LogP contribution is 2.25. The number of anilines is 1. The van der Waals surface area contributed by atoms with Crippen LogP contribution in [0.4, 0.5) is 11.4 Å². The Balaban J connectivity index is 1.98. The van der Waals surface area contributed by atoms with E-state index in [1.807, 2.05) is 0 Å². The van der Waals surface area contributed by atoms with Gasteiger partial charge in [-0.1, -0.05) is 6.07 Å². The minimum absolute atomic E-state index is 0.163. The maximum Gasteiger partial charge on any atom is 0.331 e. The number of hydrogen-bond acceptors (Lipinski definition) is 7. The lowest BCUT2D eigenvalue weighted by Gasteiger charge is -2.12. The summed E-state index contributed by atoms with van der Waals surface area (Å²) in [5.74, 6) is -0.239. The van der Waals surface area contributed by atoms with E-state index < -0.39 is 22.9 Å². The Bertz CT molecular complexity index is 940. The van der Waals surface area contributed by atoms with Crippen molar-refractivity contribution in [2.75, 3.05) is 19.5 Å². The molecule has 0 bridgehead atoms. The monoisotopic (exact) mass is 400 g/mol. The zero-order chi connectivity index (χ0) is 21.4. The fraction of sp³-hybridized carbons (Fsp3) is 0.200. The Morgan fingerprint density at radius 1 is 1.14 bits per heavy atom. The number of nitro groups is 1. The summed E-state index contributed by atoms with van der Waals surface area (Å²) in [5.41, 5.74) is 0.688. The van der Waals surface area contributed by atoms with Crippen LogP contribution in [0.25, 0.3) is 6.08 Å². The molecule has 9 heteroatoms. The molecule has 9 nitrogen and oxygen atoms in total. The van der Waals surface area contributed by atoms with Crippen molar-refractivity contribution in [1.82, 2.24) is 0 Å². The highest BCUT2D eigenvalue weighted by Gasteiger charge is 2.18. The summed E-state index contributed by atoms with van der Waals surface area (Å²) in [6.07, 6.45) is 1.55. The molecule has 0 fully saturated rings. The molecule has 29 heavy (non-hydrogen) atoms. The second-order valence-electron chi connectivity index (χ2n) is 5.82. The average molecular weight is 400 g/mol. The van der Waals surface area contributed by atoms with Crippen molar-refractivity contribution >= 4 is 29.3 Å². The fourth-order valence-electron chi connectivity index (χ4n) is 2.32. The minimum atomic E-state index is -1.11. The smallest absolute Gasteiger partial charge is 0.331 e. The summed E-state index contributed by atoms with van der Waals surface area (Å²) in [4.78, 5) is 34.4. The number of ether oxygens (including phenoxy) is 3. The normalized spacial score (nSPS) is 11.6. The van der Waals surface area contributed by atoms with E-state index >= 15 is 0 Å². The third-order valence-corrected chi connectivity index (χ3v) is 3.83. The SMILES string of the molecule is COc1ccc(/C=C/C(=O)O[C@H](C)C(=O)Nc2cccc([N+](=O)[O-])c2)c(OC)c1. The van der Waals surface area contributed by atoms with E-state index in [-0.39, 0.29) is 11.4 Å². The molecule has 0 spiro atoms. The van der Waals surface area contributed by atoms with E-state index in [2.05, 4.69) is 5.32 Å². The van der Waals surface area contributed by atoms with Crippen LogP contribution in [-0.2, 0) is 14.3 Å². The maximum atomic E-state index is 12.2. The number of carbonyl (C=O) groups is 2. The summed E-state index contributed by atoms with van der Waals surface area (Å²) in [5, 5.41) is 13.3. The Kier molecular flexibility index (Phi) is 7.30. The van der Waals surface area contributed by atoms with Crippen LogP contribution in [0.3, 0.4) is 0 Å². The number of rotatable bonds is 8. The molecule has 1 N–H and O–H groups in total. The number of benzene rings is 2. The molecule has 0 saturated heterocycles. The van der Waals surface area contributed by atoms with Gasteiger partial charge in [0.1, 0.15) is 11.5 Å². The second-order valence-corrected chi connectivity index (χ2v) is 5.82. The highest BCUT2D eigenvalue weighted by molar-refractivity contribution is 5.96. The van der Waals surface area contributed by atoms with Gasteiger partial charge in [0.05, 0.1) is 19.1 Å². The first kappa shape index (κ1) is 21.4. The molecular weight excluding hydrogens is 380 g/mol. The van der Waals surface area contributed by atoms with Gasteiger partial charge in [-0.3, -0.25) is 14.9 Å². The lowest BCUT2D eigenvalue weighted by atomic mass is 10.1. The summed E-state index contributed by atoms with van der Waals surface area (Å²) in [7, 11) is 3.02. The first-order chi connectivity index (χ1) is 13.8. The van der Waals surface area contributed by atoms with Gasteiger partial charge in [-0.2, -0.15) is 0 Å². The number of hydrogen-bond donors (Lipinski definition) is 1. The molecule has 0 radical (unpaired) electrons. The van der Waals surface area contributed by atoms with E-state index in [4.69, 9.17) is 14.2 Å². The Labute approximate surface area is 167 Å².